The first-order chi connectivity index (χ1) is 9.80. The molecule has 22 heavy (non-hydrogen) atoms. The summed E-state index contributed by atoms with van der Waals surface area (Å²) in [5.41, 5.74) is 4.47. The number of nitrogens with one attached hydrogen (secondary N) is 1. The predicted octanol–water partition coefficient (Wildman–Crippen LogP) is 2.22. The summed E-state index contributed by atoms with van der Waals surface area (Å²) in [5.74, 6) is 0. The number of nitrogens with zero attached hydrogens (tertiary/aromatic N) is 1. The van der Waals surface area contributed by atoms with Crippen LogP contribution in [0.1, 0.15) is 25.7 Å². The normalized spacial score (nSPS) is 17.0. The number of hydrogen-bond acceptors (Lipinski definition) is 5. The van der Waals surface area contributed by atoms with Crippen LogP contribution in [-0.4, -0.2) is 25.4 Å². The SMILES string of the molecule is Cl.NCC1(NS(=O)(=O)c2cc(Cl)ccc2[N+](=O)[O-])CCCC1. The molecule has 0 aromatic heterocycles. The van der Waals surface area contributed by atoms with Crippen LogP contribution >= 0.6 is 24.0 Å². The summed E-state index contributed by atoms with van der Waals surface area (Å²) in [4.78, 5) is 9.84. The average Bonchev–Trinajstić information content (AvgIpc) is 2.86. The number of benzene rings is 1. The van der Waals surface area contributed by atoms with E-state index in [9.17, 15) is 18.5 Å². The molecule has 7 nitrogen and oxygen atoms in total. The van der Waals surface area contributed by atoms with Crippen LogP contribution in [0, 0.1) is 10.1 Å². The van der Waals surface area contributed by atoms with Gasteiger partial charge in [0.2, 0.25) is 10.0 Å². The number of sulfonamides is 1. The van der Waals surface area contributed by atoms with Gasteiger partial charge in [-0.2, -0.15) is 0 Å². The lowest BCUT2D eigenvalue weighted by atomic mass is 10.0. The fourth-order valence-corrected chi connectivity index (χ4v) is 4.50. The summed E-state index contributed by atoms with van der Waals surface area (Å²) in [5, 5.41) is 11.1. The molecule has 1 fully saturated rings. The second-order valence-electron chi connectivity index (χ2n) is 5.17. The Morgan fingerprint density at radius 1 is 1.36 bits per heavy atom. The summed E-state index contributed by atoms with van der Waals surface area (Å²) in [6, 6.07) is 3.45. The Morgan fingerprint density at radius 2 is 1.95 bits per heavy atom. The van der Waals surface area contributed by atoms with Crippen molar-refractivity contribution in [3.8, 4) is 0 Å². The molecule has 0 heterocycles. The minimum atomic E-state index is -4.07. The van der Waals surface area contributed by atoms with Gasteiger partial charge in [-0.1, -0.05) is 24.4 Å². The van der Waals surface area contributed by atoms with Crippen molar-refractivity contribution in [3.05, 3.63) is 33.3 Å². The van der Waals surface area contributed by atoms with Crippen LogP contribution in [-0.2, 0) is 10.0 Å². The van der Waals surface area contributed by atoms with E-state index in [-0.39, 0.29) is 24.0 Å². The zero-order valence-electron chi connectivity index (χ0n) is 11.6. The Kier molecular flexibility index (Phi) is 6.17. The van der Waals surface area contributed by atoms with E-state index in [1.165, 1.54) is 6.07 Å². The monoisotopic (exact) mass is 369 g/mol. The minimum Gasteiger partial charge on any atom is -0.329 e. The molecule has 1 aliphatic rings. The third-order valence-corrected chi connectivity index (χ3v) is 5.55. The van der Waals surface area contributed by atoms with Crippen LogP contribution in [0.2, 0.25) is 5.02 Å². The van der Waals surface area contributed by atoms with E-state index in [2.05, 4.69) is 4.72 Å². The Bertz CT molecular complexity index is 660. The quantitative estimate of drug-likeness (QED) is 0.609. The summed E-state index contributed by atoms with van der Waals surface area (Å²) in [6.45, 7) is 0.153. The molecule has 10 heteroatoms. The molecule has 0 amide bonds. The molecule has 1 aromatic carbocycles. The van der Waals surface area contributed by atoms with Crippen molar-refractivity contribution in [1.29, 1.82) is 0 Å². The minimum absolute atomic E-state index is 0. The van der Waals surface area contributed by atoms with Gasteiger partial charge >= 0.3 is 0 Å². The number of hydrogen-bond donors (Lipinski definition) is 2. The molecule has 0 unspecified atom stereocenters. The lowest BCUT2D eigenvalue weighted by Crippen LogP contribution is -2.51. The Hall–Kier alpha value is -0.930. The van der Waals surface area contributed by atoms with E-state index in [4.69, 9.17) is 17.3 Å². The standard InChI is InChI=1S/C12H16ClN3O4S.ClH/c13-9-3-4-10(16(17)18)11(7-9)21(19,20)15-12(8-14)5-1-2-6-12;/h3-4,7,15H,1-2,5-6,8,14H2;1H. The molecule has 0 bridgehead atoms. The van der Waals surface area contributed by atoms with Crippen LogP contribution < -0.4 is 10.5 Å². The van der Waals surface area contributed by atoms with Crippen molar-refractivity contribution < 1.29 is 13.3 Å². The van der Waals surface area contributed by atoms with Gasteiger partial charge in [0.15, 0.2) is 4.90 Å². The van der Waals surface area contributed by atoms with Gasteiger partial charge in [-0.3, -0.25) is 10.1 Å². The van der Waals surface area contributed by atoms with E-state index in [1.54, 1.807) is 0 Å². The first-order valence-corrected chi connectivity index (χ1v) is 8.34. The largest absolute Gasteiger partial charge is 0.329 e. The topological polar surface area (TPSA) is 115 Å². The van der Waals surface area contributed by atoms with Crippen molar-refractivity contribution >= 4 is 39.7 Å². The van der Waals surface area contributed by atoms with Gasteiger partial charge in [0, 0.05) is 23.2 Å². The predicted molar refractivity (Wildman–Crippen MR) is 85.9 cm³/mol. The van der Waals surface area contributed by atoms with Crippen LogP contribution in [0.15, 0.2) is 23.1 Å². The molecule has 1 saturated carbocycles. The van der Waals surface area contributed by atoms with Crippen molar-refractivity contribution in [2.24, 2.45) is 5.73 Å². The van der Waals surface area contributed by atoms with Crippen LogP contribution in [0.4, 0.5) is 5.69 Å². The third-order valence-electron chi connectivity index (χ3n) is 3.71. The summed E-state index contributed by atoms with van der Waals surface area (Å²) in [7, 11) is -4.07. The first-order valence-electron chi connectivity index (χ1n) is 6.48. The highest BCUT2D eigenvalue weighted by Crippen LogP contribution is 2.33. The third kappa shape index (κ3) is 3.88. The molecular formula is C12H17Cl2N3O4S. The number of halogens is 2. The van der Waals surface area contributed by atoms with E-state index in [1.807, 2.05) is 0 Å². The summed E-state index contributed by atoms with van der Waals surface area (Å²) in [6.07, 6.45) is 2.99. The maximum Gasteiger partial charge on any atom is 0.289 e. The molecule has 0 saturated heterocycles. The van der Waals surface area contributed by atoms with Crippen molar-refractivity contribution in [2.75, 3.05) is 6.54 Å². The van der Waals surface area contributed by atoms with Gasteiger partial charge in [0.05, 0.1) is 4.92 Å². The number of rotatable bonds is 5. The summed E-state index contributed by atoms with van der Waals surface area (Å²) >= 11 is 5.77. The maximum atomic E-state index is 12.5. The molecular weight excluding hydrogens is 353 g/mol. The fraction of sp³-hybridized carbons (Fsp3) is 0.500. The molecule has 124 valence electrons. The molecule has 3 N–H and O–H groups in total. The van der Waals surface area contributed by atoms with Crippen molar-refractivity contribution in [3.63, 3.8) is 0 Å². The van der Waals surface area contributed by atoms with Crippen LogP contribution in [0.25, 0.3) is 0 Å². The molecule has 0 atom stereocenters. The van der Waals surface area contributed by atoms with Gasteiger partial charge in [-0.05, 0) is 25.0 Å². The maximum absolute atomic E-state index is 12.5. The number of nitro benzene ring substituents is 1. The molecule has 1 aromatic rings. The molecule has 1 aliphatic carbocycles. The first kappa shape index (κ1) is 19.1. The van der Waals surface area contributed by atoms with E-state index < -0.39 is 31.1 Å². The van der Waals surface area contributed by atoms with Gasteiger partial charge < -0.3 is 5.73 Å². The highest BCUT2D eigenvalue weighted by Gasteiger charge is 2.38. The molecule has 0 aliphatic heterocycles. The number of nitro groups is 1. The van der Waals surface area contributed by atoms with Gasteiger partial charge in [-0.25, -0.2) is 13.1 Å². The van der Waals surface area contributed by atoms with E-state index in [0.717, 1.165) is 25.0 Å². The van der Waals surface area contributed by atoms with Gasteiger partial charge in [0.25, 0.3) is 5.69 Å². The van der Waals surface area contributed by atoms with E-state index >= 15 is 0 Å². The fourth-order valence-electron chi connectivity index (χ4n) is 2.59. The second kappa shape index (κ2) is 7.10. The lowest BCUT2D eigenvalue weighted by molar-refractivity contribution is -0.387. The van der Waals surface area contributed by atoms with Gasteiger partial charge in [-0.15, -0.1) is 12.4 Å². The lowest BCUT2D eigenvalue weighted by Gasteiger charge is -2.28. The van der Waals surface area contributed by atoms with E-state index in [0.29, 0.717) is 12.8 Å². The zero-order chi connectivity index (χ0) is 15.7. The van der Waals surface area contributed by atoms with Crippen molar-refractivity contribution in [2.45, 2.75) is 36.1 Å². The smallest absolute Gasteiger partial charge is 0.289 e. The molecule has 0 spiro atoms. The highest BCUT2D eigenvalue weighted by atomic mass is 35.5. The Morgan fingerprint density at radius 3 is 2.45 bits per heavy atom. The number of nitrogens with two attached hydrogens (primary N) is 1. The van der Waals surface area contributed by atoms with Crippen molar-refractivity contribution in [1.82, 2.24) is 4.72 Å². The Labute approximate surface area is 139 Å². The van der Waals surface area contributed by atoms with Crippen LogP contribution in [0.3, 0.4) is 0 Å². The van der Waals surface area contributed by atoms with Gasteiger partial charge in [0.1, 0.15) is 0 Å². The Balaban J connectivity index is 0.00000242. The summed E-state index contributed by atoms with van der Waals surface area (Å²) < 4.78 is 27.5. The highest BCUT2D eigenvalue weighted by molar-refractivity contribution is 7.89. The second-order valence-corrected chi connectivity index (χ2v) is 7.25. The molecule has 0 radical (unpaired) electrons. The zero-order valence-corrected chi connectivity index (χ0v) is 14.0. The molecule has 2 rings (SSSR count). The van der Waals surface area contributed by atoms with Crippen LogP contribution in [0.5, 0.6) is 0 Å². The average molecular weight is 370 g/mol.